The summed E-state index contributed by atoms with van der Waals surface area (Å²) in [6.45, 7) is -0.636. The van der Waals surface area contributed by atoms with Gasteiger partial charge in [0.05, 0.1) is 0 Å². The number of carbonyl (C=O) groups is 5. The number of nitrogens with one attached hydrogen (secondary N) is 3. The molecule has 0 saturated heterocycles. The molecule has 12 nitrogen and oxygen atoms in total. The molecule has 0 aliphatic carbocycles. The van der Waals surface area contributed by atoms with Crippen molar-refractivity contribution in [3.63, 3.8) is 0 Å². The molecule has 0 fully saturated rings. The van der Waals surface area contributed by atoms with E-state index in [1.807, 2.05) is 6.07 Å². The van der Waals surface area contributed by atoms with Gasteiger partial charge in [-0.05, 0) is 0 Å². The Morgan fingerprint density at radius 3 is 2.37 bits per heavy atom. The summed E-state index contributed by atoms with van der Waals surface area (Å²) in [6.07, 6.45) is -0.367. The summed E-state index contributed by atoms with van der Waals surface area (Å²) in [7, 11) is 1.30. The van der Waals surface area contributed by atoms with Crippen LogP contribution in [0.15, 0.2) is 48.5 Å². The van der Waals surface area contributed by atoms with Gasteiger partial charge in [-0.2, -0.15) is 0 Å². The van der Waals surface area contributed by atoms with Crippen LogP contribution in [0.1, 0.15) is 28.8 Å². The molecule has 0 aromatic heterocycles. The minimum absolute atomic E-state index is 0.0771. The zero-order valence-corrected chi connectivity index (χ0v) is 22.4. The molecule has 2 aromatic carbocycles. The van der Waals surface area contributed by atoms with E-state index in [0.29, 0.717) is 16.8 Å². The second-order valence-electron chi connectivity index (χ2n) is 7.72. The van der Waals surface area contributed by atoms with Gasteiger partial charge in [0.1, 0.15) is 0 Å². The Bertz CT molecular complexity index is 1220. The number of carbonyl (C=O) groups excluding carboxylic acids is 3. The van der Waals surface area contributed by atoms with Crippen LogP contribution in [-0.4, -0.2) is 78.1 Å². The summed E-state index contributed by atoms with van der Waals surface area (Å²) in [4.78, 5) is 59.3. The number of nitrogens with two attached hydrogens (primary N) is 1. The summed E-state index contributed by atoms with van der Waals surface area (Å²) < 4.78 is 0.722. The van der Waals surface area contributed by atoms with Crippen molar-refractivity contribution in [2.45, 2.75) is 24.9 Å². The molecule has 2 rings (SSSR count). The first-order chi connectivity index (χ1) is 18.1. The summed E-state index contributed by atoms with van der Waals surface area (Å²) in [5.41, 5.74) is 6.81. The number of benzene rings is 2. The summed E-state index contributed by atoms with van der Waals surface area (Å²) in [6, 6.07) is 13.0. The van der Waals surface area contributed by atoms with Gasteiger partial charge < -0.3 is 0 Å². The van der Waals surface area contributed by atoms with E-state index in [1.54, 1.807) is 48.5 Å². The molecule has 0 bridgehead atoms. The monoisotopic (exact) mass is 607 g/mol. The fourth-order valence-corrected chi connectivity index (χ4v) is 7.08. The third-order valence-corrected chi connectivity index (χ3v) is 9.09. The van der Waals surface area contributed by atoms with Crippen molar-refractivity contribution in [1.82, 2.24) is 10.6 Å². The number of amides is 3. The Morgan fingerprint density at radius 1 is 1.05 bits per heavy atom. The molecule has 3 amide bonds. The number of aliphatic carboxylic acids is 2. The predicted molar refractivity (Wildman–Crippen MR) is 141 cm³/mol. The number of carboxylic acids is 2. The second kappa shape index (κ2) is 15.4. The molecule has 7 N–H and O–H groups in total. The molecule has 0 spiro atoms. The van der Waals surface area contributed by atoms with Crippen LogP contribution in [0.5, 0.6) is 0 Å². The van der Waals surface area contributed by atoms with Gasteiger partial charge in [-0.25, -0.2) is 0 Å². The standard InChI is InChI=1S/C24H25N5O7SSe/c25-11-14-5-7-15(8-6-14)28-22(33)16-3-1-2-4-19(16)38-37-13-18(23(34)27-12-21(31)32)29-20(30)10-9-17(26)24(35)36/h1-8,17-18H,9-10,12-13,26H2,(H,27,34)(H,28,33)(H,29,30)(H,31,32)(H,35,36). The van der Waals surface area contributed by atoms with Crippen molar-refractivity contribution in [3.05, 3.63) is 59.7 Å². The number of hydrogen-bond acceptors (Lipinski definition) is 8. The van der Waals surface area contributed by atoms with E-state index in [9.17, 15) is 24.0 Å². The first kappa shape index (κ1) is 30.3. The van der Waals surface area contributed by atoms with Gasteiger partial charge in [0.2, 0.25) is 0 Å². The molecule has 38 heavy (non-hydrogen) atoms. The minimum atomic E-state index is -1.26. The Kier molecular flexibility index (Phi) is 12.3. The number of rotatable bonds is 14. The van der Waals surface area contributed by atoms with Gasteiger partial charge in [0.25, 0.3) is 0 Å². The van der Waals surface area contributed by atoms with Gasteiger partial charge >= 0.3 is 228 Å². The Morgan fingerprint density at radius 2 is 1.74 bits per heavy atom. The van der Waals surface area contributed by atoms with E-state index < -0.39 is 42.4 Å². The normalized spacial score (nSPS) is 11.9. The van der Waals surface area contributed by atoms with E-state index in [4.69, 9.17) is 21.2 Å². The molecule has 2 atom stereocenters. The van der Waals surface area contributed by atoms with Crippen molar-refractivity contribution in [1.29, 1.82) is 5.26 Å². The van der Waals surface area contributed by atoms with Crippen molar-refractivity contribution in [2.75, 3.05) is 17.6 Å². The van der Waals surface area contributed by atoms with E-state index in [-0.39, 0.29) is 38.3 Å². The molecule has 0 heterocycles. The van der Waals surface area contributed by atoms with Crippen LogP contribution in [0.3, 0.4) is 0 Å². The van der Waals surface area contributed by atoms with Crippen LogP contribution >= 0.6 is 10.2 Å². The first-order valence-corrected chi connectivity index (χ1v) is 14.9. The molecule has 14 heteroatoms. The third-order valence-electron chi connectivity index (χ3n) is 4.85. The van der Waals surface area contributed by atoms with Crippen molar-refractivity contribution >= 4 is 63.8 Å². The molecule has 2 aromatic rings. The van der Waals surface area contributed by atoms with E-state index in [2.05, 4.69) is 16.0 Å². The van der Waals surface area contributed by atoms with Crippen LogP contribution in [0.25, 0.3) is 0 Å². The summed E-state index contributed by atoms with van der Waals surface area (Å²) >= 11 is -0.375. The molecule has 0 aliphatic rings. The third kappa shape index (κ3) is 10.2. The molecular weight excluding hydrogens is 581 g/mol. The van der Waals surface area contributed by atoms with Crippen molar-refractivity contribution < 1.29 is 34.2 Å². The fraction of sp³-hybridized carbons (Fsp3) is 0.250. The van der Waals surface area contributed by atoms with Gasteiger partial charge in [0, 0.05) is 0 Å². The van der Waals surface area contributed by atoms with Crippen LogP contribution in [0.2, 0.25) is 0 Å². The van der Waals surface area contributed by atoms with Crippen LogP contribution in [-0.2, 0) is 19.2 Å². The van der Waals surface area contributed by atoms with Crippen LogP contribution in [0, 0.1) is 11.3 Å². The van der Waals surface area contributed by atoms with Crippen molar-refractivity contribution in [2.24, 2.45) is 5.73 Å². The average Bonchev–Trinajstić information content (AvgIpc) is 2.90. The number of carboxylic acid groups (broad SMARTS) is 2. The maximum absolute atomic E-state index is 12.9. The Labute approximate surface area is 227 Å². The van der Waals surface area contributed by atoms with Crippen molar-refractivity contribution in [3.8, 4) is 6.07 Å². The predicted octanol–water partition coefficient (Wildman–Crippen LogP) is -0.334. The Balaban J connectivity index is 2.03. The topological polar surface area (TPSA) is 212 Å². The van der Waals surface area contributed by atoms with Gasteiger partial charge in [0.15, 0.2) is 0 Å². The molecule has 0 radical (unpaired) electrons. The zero-order valence-electron chi connectivity index (χ0n) is 19.9. The van der Waals surface area contributed by atoms with Crippen LogP contribution in [0.4, 0.5) is 5.69 Å². The molecular formula is C24H25N5O7SSe. The van der Waals surface area contributed by atoms with Gasteiger partial charge in [-0.1, -0.05) is 0 Å². The molecule has 2 unspecified atom stereocenters. The zero-order chi connectivity index (χ0) is 28.1. The SMILES string of the molecule is N#Cc1ccc(NC(=O)c2ccccc2[Se]SCC(NC(=O)CCC(N)C(=O)O)C(=O)NCC(=O)O)cc1. The van der Waals surface area contributed by atoms with E-state index in [1.165, 1.54) is 10.2 Å². The summed E-state index contributed by atoms with van der Waals surface area (Å²) in [5, 5.41) is 34.1. The average molecular weight is 607 g/mol. The van der Waals surface area contributed by atoms with Gasteiger partial charge in [-0.3, -0.25) is 0 Å². The maximum atomic E-state index is 12.9. The number of nitriles is 1. The first-order valence-electron chi connectivity index (χ1n) is 11.1. The number of nitrogens with zero attached hydrogens (tertiary/aromatic N) is 1. The number of hydrogen-bond donors (Lipinski definition) is 6. The van der Waals surface area contributed by atoms with Gasteiger partial charge in [-0.15, -0.1) is 0 Å². The van der Waals surface area contributed by atoms with Crippen LogP contribution < -0.4 is 26.1 Å². The fourth-order valence-electron chi connectivity index (χ4n) is 2.86. The molecule has 0 saturated carbocycles. The summed E-state index contributed by atoms with van der Waals surface area (Å²) in [5.74, 6) is -4.10. The molecule has 200 valence electrons. The quantitative estimate of drug-likeness (QED) is 0.154. The van der Waals surface area contributed by atoms with E-state index in [0.717, 1.165) is 4.46 Å². The second-order valence-corrected chi connectivity index (χ2v) is 11.9. The molecule has 0 aliphatic heterocycles. The Hall–Kier alpha value is -3.89. The van der Waals surface area contributed by atoms with E-state index >= 15 is 0 Å². The number of anilines is 1.